The van der Waals surface area contributed by atoms with Crippen molar-refractivity contribution in [2.24, 2.45) is 4.99 Å². The molecule has 0 atom stereocenters. The van der Waals surface area contributed by atoms with E-state index >= 15 is 0 Å². The number of rotatable bonds is 7. The number of anilines is 1. The van der Waals surface area contributed by atoms with Crippen molar-refractivity contribution in [2.45, 2.75) is 25.7 Å². The summed E-state index contributed by atoms with van der Waals surface area (Å²) in [7, 11) is 0. The largest absolute Gasteiger partial charge is 0.507 e. The van der Waals surface area contributed by atoms with E-state index < -0.39 is 0 Å². The van der Waals surface area contributed by atoms with Gasteiger partial charge in [0.15, 0.2) is 5.82 Å². The highest BCUT2D eigenvalue weighted by atomic mass is 79.9. The zero-order valence-corrected chi connectivity index (χ0v) is 14.2. The van der Waals surface area contributed by atoms with Gasteiger partial charge in [0.25, 0.3) is 0 Å². The van der Waals surface area contributed by atoms with E-state index in [0.29, 0.717) is 17.7 Å². The molecule has 0 saturated carbocycles. The zero-order valence-electron chi connectivity index (χ0n) is 12.6. The number of phenolic OH excluding ortho intramolecular Hbond substituents is 1. The average molecular weight is 376 g/mol. The molecule has 0 aliphatic carbocycles. The minimum absolute atomic E-state index is 0.220. The summed E-state index contributed by atoms with van der Waals surface area (Å²) in [6.45, 7) is 0.697. The van der Waals surface area contributed by atoms with Crippen LogP contribution in [-0.4, -0.2) is 28.1 Å². The predicted molar refractivity (Wildman–Crippen MR) is 93.5 cm³/mol. The number of hydrogen-bond donors (Lipinski definition) is 3. The normalized spacial score (nSPS) is 11.0. The average Bonchev–Trinajstić information content (AvgIpc) is 2.89. The first kappa shape index (κ1) is 17.0. The molecule has 2 rings (SSSR count). The molecule has 6 nitrogen and oxygen atoms in total. The molecule has 0 bridgehead atoms. The van der Waals surface area contributed by atoms with E-state index in [9.17, 15) is 5.11 Å². The summed E-state index contributed by atoms with van der Waals surface area (Å²) in [5.74, 6) is 0.485. The fraction of sp³-hybridized carbons (Fsp3) is 0.312. The number of nitrogens with one attached hydrogen (secondary N) is 1. The number of benzene rings is 1. The first-order chi connectivity index (χ1) is 11.1. The van der Waals surface area contributed by atoms with Crippen molar-refractivity contribution in [3.63, 3.8) is 0 Å². The molecule has 0 aliphatic heterocycles. The molecule has 0 amide bonds. The second-order valence-electron chi connectivity index (χ2n) is 5.12. The number of aliphatic imine (C=N–C) groups is 1. The molecule has 0 fully saturated rings. The highest BCUT2D eigenvalue weighted by molar-refractivity contribution is 9.10. The van der Waals surface area contributed by atoms with Crippen molar-refractivity contribution in [2.75, 3.05) is 12.3 Å². The smallest absolute Gasteiger partial charge is 0.163 e. The summed E-state index contributed by atoms with van der Waals surface area (Å²) in [5, 5.41) is 25.3. The lowest BCUT2D eigenvalue weighted by Crippen LogP contribution is -1.92. The van der Waals surface area contributed by atoms with Crippen LogP contribution in [0.3, 0.4) is 0 Å². The maximum absolute atomic E-state index is 9.70. The van der Waals surface area contributed by atoms with Gasteiger partial charge in [-0.15, -0.1) is 0 Å². The van der Waals surface area contributed by atoms with Gasteiger partial charge in [-0.2, -0.15) is 10.4 Å². The Bertz CT molecular complexity index is 733. The Morgan fingerprint density at radius 3 is 3.00 bits per heavy atom. The fourth-order valence-corrected chi connectivity index (χ4v) is 2.55. The molecule has 1 aromatic heterocycles. The van der Waals surface area contributed by atoms with Crippen LogP contribution in [-0.2, 0) is 6.42 Å². The van der Waals surface area contributed by atoms with Crippen molar-refractivity contribution in [3.8, 4) is 11.8 Å². The van der Waals surface area contributed by atoms with E-state index in [4.69, 9.17) is 11.0 Å². The minimum atomic E-state index is 0.220. The molecule has 0 unspecified atom stereocenters. The number of aromatic nitrogens is 2. The van der Waals surface area contributed by atoms with Crippen LogP contribution >= 0.6 is 15.9 Å². The molecule has 0 spiro atoms. The van der Waals surface area contributed by atoms with E-state index in [1.54, 1.807) is 18.3 Å². The first-order valence-electron chi connectivity index (χ1n) is 7.33. The van der Waals surface area contributed by atoms with Crippen LogP contribution in [0.5, 0.6) is 5.75 Å². The highest BCUT2D eigenvalue weighted by Crippen LogP contribution is 2.20. The van der Waals surface area contributed by atoms with E-state index in [1.807, 2.05) is 6.07 Å². The Hall–Kier alpha value is -2.33. The van der Waals surface area contributed by atoms with Gasteiger partial charge in [-0.1, -0.05) is 22.4 Å². The van der Waals surface area contributed by atoms with Crippen molar-refractivity contribution in [1.29, 1.82) is 5.26 Å². The van der Waals surface area contributed by atoms with Gasteiger partial charge >= 0.3 is 0 Å². The predicted octanol–water partition coefficient (Wildman–Crippen LogP) is 3.16. The van der Waals surface area contributed by atoms with Crippen molar-refractivity contribution in [1.82, 2.24) is 10.2 Å². The van der Waals surface area contributed by atoms with Gasteiger partial charge in [0, 0.05) is 22.8 Å². The molecule has 1 aromatic carbocycles. The van der Waals surface area contributed by atoms with Gasteiger partial charge in [-0.3, -0.25) is 10.1 Å². The van der Waals surface area contributed by atoms with Gasteiger partial charge in [0.05, 0.1) is 5.69 Å². The summed E-state index contributed by atoms with van der Waals surface area (Å²) in [6.07, 6.45) is 5.31. The van der Waals surface area contributed by atoms with E-state index in [-0.39, 0.29) is 11.6 Å². The van der Waals surface area contributed by atoms with Crippen molar-refractivity contribution >= 4 is 28.0 Å². The Balaban J connectivity index is 1.71. The van der Waals surface area contributed by atoms with Crippen LogP contribution in [0.4, 0.5) is 5.82 Å². The SMILES string of the molecule is N#Cc1c(N)n[nH]c1CCCCCN=Cc1cc(Br)ccc1O. The number of aryl methyl sites for hydroxylation is 1. The molecule has 0 radical (unpaired) electrons. The fourth-order valence-electron chi connectivity index (χ4n) is 2.17. The molecule has 0 aliphatic rings. The third kappa shape index (κ3) is 4.83. The maximum Gasteiger partial charge on any atom is 0.163 e. The third-order valence-corrected chi connectivity index (χ3v) is 3.91. The minimum Gasteiger partial charge on any atom is -0.507 e. The maximum atomic E-state index is 9.70. The molecule has 2 aromatic rings. The second-order valence-corrected chi connectivity index (χ2v) is 6.04. The quantitative estimate of drug-likeness (QED) is 0.509. The Morgan fingerprint density at radius 1 is 1.39 bits per heavy atom. The highest BCUT2D eigenvalue weighted by Gasteiger charge is 2.09. The Kier molecular flexibility index (Phi) is 6.18. The monoisotopic (exact) mass is 375 g/mol. The number of nitrogen functional groups attached to an aromatic ring is 1. The van der Waals surface area contributed by atoms with Gasteiger partial charge in [-0.05, 0) is 37.5 Å². The Labute approximate surface area is 143 Å². The topological polar surface area (TPSA) is 111 Å². The molecular weight excluding hydrogens is 358 g/mol. The number of hydrogen-bond acceptors (Lipinski definition) is 5. The summed E-state index contributed by atoms with van der Waals surface area (Å²) in [5.41, 5.74) is 7.54. The number of unbranched alkanes of at least 4 members (excludes halogenated alkanes) is 2. The van der Waals surface area contributed by atoms with E-state index in [1.165, 1.54) is 0 Å². The van der Waals surface area contributed by atoms with Crippen LogP contribution in [0.15, 0.2) is 27.7 Å². The molecular formula is C16H18BrN5O. The van der Waals surface area contributed by atoms with Crippen molar-refractivity contribution in [3.05, 3.63) is 39.5 Å². The lowest BCUT2D eigenvalue weighted by atomic mass is 10.1. The summed E-state index contributed by atoms with van der Waals surface area (Å²) < 4.78 is 0.906. The lowest BCUT2D eigenvalue weighted by Gasteiger charge is -2.00. The Morgan fingerprint density at radius 2 is 2.22 bits per heavy atom. The van der Waals surface area contributed by atoms with Gasteiger partial charge in [0.1, 0.15) is 17.4 Å². The number of H-pyrrole nitrogens is 1. The molecule has 7 heteroatoms. The van der Waals surface area contributed by atoms with Gasteiger partial charge in [0.2, 0.25) is 0 Å². The van der Waals surface area contributed by atoms with E-state index in [0.717, 1.165) is 35.8 Å². The number of aromatic amines is 1. The summed E-state index contributed by atoms with van der Waals surface area (Å²) in [6, 6.07) is 7.30. The molecule has 4 N–H and O–H groups in total. The number of nitrogens with zero attached hydrogens (tertiary/aromatic N) is 3. The standard InChI is InChI=1S/C16H18BrN5O/c17-12-5-6-15(23)11(8-12)10-20-7-3-1-2-4-14-13(9-18)16(19)22-21-14/h5-6,8,10,23H,1-4,7H2,(H3,19,21,22). The number of nitriles is 1. The van der Waals surface area contributed by atoms with Gasteiger partial charge in [-0.25, -0.2) is 0 Å². The zero-order chi connectivity index (χ0) is 16.7. The molecule has 0 saturated heterocycles. The van der Waals surface area contributed by atoms with E-state index in [2.05, 4.69) is 37.2 Å². The summed E-state index contributed by atoms with van der Waals surface area (Å²) >= 11 is 3.36. The number of phenols is 1. The first-order valence-corrected chi connectivity index (χ1v) is 8.12. The third-order valence-electron chi connectivity index (χ3n) is 3.41. The molecule has 23 heavy (non-hydrogen) atoms. The van der Waals surface area contributed by atoms with Crippen LogP contribution in [0.1, 0.15) is 36.1 Å². The van der Waals surface area contributed by atoms with Crippen LogP contribution in [0.25, 0.3) is 0 Å². The van der Waals surface area contributed by atoms with Crippen molar-refractivity contribution < 1.29 is 5.11 Å². The molecule has 120 valence electrons. The lowest BCUT2D eigenvalue weighted by molar-refractivity contribution is 0.474. The van der Waals surface area contributed by atoms with Crippen LogP contribution in [0, 0.1) is 11.3 Å². The van der Waals surface area contributed by atoms with Gasteiger partial charge < -0.3 is 10.8 Å². The van der Waals surface area contributed by atoms with Crippen LogP contribution in [0.2, 0.25) is 0 Å². The number of aromatic hydroxyl groups is 1. The number of halogens is 1. The second kappa shape index (κ2) is 8.34. The molecule has 1 heterocycles. The summed E-state index contributed by atoms with van der Waals surface area (Å²) in [4.78, 5) is 4.33. The van der Waals surface area contributed by atoms with Crippen LogP contribution < -0.4 is 5.73 Å². The number of nitrogens with two attached hydrogens (primary N) is 1.